The summed E-state index contributed by atoms with van der Waals surface area (Å²) in [6.07, 6.45) is 29.4. The number of ether oxygens (including phenoxy) is 6. The number of nitrogens with zero attached hydrogens (tertiary/aromatic N) is 2. The Kier molecular flexibility index (Phi) is 26.3. The fraction of sp³-hybridized carbons (Fsp3) is 1.00. The van der Waals surface area contributed by atoms with E-state index in [4.69, 9.17) is 28.4 Å². The molecule has 0 unspecified atom stereocenters. The minimum Gasteiger partial charge on any atom is -0.331 e. The molecule has 1 aliphatic rings. The van der Waals surface area contributed by atoms with Crippen LogP contribution in [0.1, 0.15) is 148 Å². The molecule has 0 amide bonds. The number of hydrogen-bond donors (Lipinski definition) is 0. The summed E-state index contributed by atoms with van der Waals surface area (Å²) in [7, 11) is 9.86. The second-order valence-electron chi connectivity index (χ2n) is 12.9. The molecule has 0 spiro atoms. The Morgan fingerprint density at radius 1 is 0.364 bits per heavy atom. The van der Waals surface area contributed by atoms with Crippen molar-refractivity contribution in [3.8, 4) is 0 Å². The van der Waals surface area contributed by atoms with Crippen LogP contribution >= 0.6 is 0 Å². The average molecular weight is 631 g/mol. The molecule has 0 aromatic carbocycles. The molecule has 8 nitrogen and oxygen atoms in total. The largest absolute Gasteiger partial charge is 0.331 e. The van der Waals surface area contributed by atoms with Crippen LogP contribution in [-0.2, 0) is 28.4 Å². The van der Waals surface area contributed by atoms with E-state index in [0.29, 0.717) is 0 Å². The van der Waals surface area contributed by atoms with Crippen molar-refractivity contribution < 1.29 is 28.4 Å². The van der Waals surface area contributed by atoms with E-state index < -0.39 is 11.9 Å². The fourth-order valence-corrected chi connectivity index (χ4v) is 6.60. The SMILES string of the molecule is COC(CCCCCCCCCCCCN1CCCN(CCCCCCCCCCCCC(OC)(OC)OC)C1)(OC)OC. The van der Waals surface area contributed by atoms with Crippen LogP contribution in [0.4, 0.5) is 0 Å². The van der Waals surface area contributed by atoms with Gasteiger partial charge in [0.15, 0.2) is 0 Å². The molecule has 0 atom stereocenters. The first-order chi connectivity index (χ1) is 21.5. The molecular weight excluding hydrogens is 556 g/mol. The maximum Gasteiger partial charge on any atom is 0.282 e. The lowest BCUT2D eigenvalue weighted by molar-refractivity contribution is -0.355. The van der Waals surface area contributed by atoms with Gasteiger partial charge in [-0.1, -0.05) is 103 Å². The van der Waals surface area contributed by atoms with Crippen LogP contribution in [0.2, 0.25) is 0 Å². The Morgan fingerprint density at radius 2 is 0.614 bits per heavy atom. The zero-order valence-corrected chi connectivity index (χ0v) is 30.1. The van der Waals surface area contributed by atoms with Crippen LogP contribution in [0.3, 0.4) is 0 Å². The lowest BCUT2D eigenvalue weighted by Crippen LogP contribution is -2.45. The maximum atomic E-state index is 5.37. The van der Waals surface area contributed by atoms with Crippen LogP contribution in [0, 0.1) is 0 Å². The molecule has 1 fully saturated rings. The molecule has 0 bridgehead atoms. The summed E-state index contributed by atoms with van der Waals surface area (Å²) in [6.45, 7) is 6.36. The minimum absolute atomic E-state index is 0.788. The van der Waals surface area contributed by atoms with Gasteiger partial charge in [-0.2, -0.15) is 0 Å². The van der Waals surface area contributed by atoms with E-state index in [1.54, 1.807) is 42.7 Å². The molecule has 44 heavy (non-hydrogen) atoms. The van der Waals surface area contributed by atoms with Crippen molar-refractivity contribution in [2.45, 2.75) is 160 Å². The third-order valence-corrected chi connectivity index (χ3v) is 9.63. The zero-order chi connectivity index (χ0) is 32.2. The van der Waals surface area contributed by atoms with Gasteiger partial charge in [-0.25, -0.2) is 0 Å². The highest BCUT2D eigenvalue weighted by Crippen LogP contribution is 2.23. The quantitative estimate of drug-likeness (QED) is 0.0540. The normalized spacial score (nSPS) is 15.4. The van der Waals surface area contributed by atoms with Gasteiger partial charge in [-0.3, -0.25) is 9.80 Å². The second-order valence-corrected chi connectivity index (χ2v) is 12.9. The number of unbranched alkanes of at least 4 members (excludes halogenated alkanes) is 18. The summed E-state index contributed by atoms with van der Waals surface area (Å²) < 4.78 is 32.2. The van der Waals surface area contributed by atoms with Gasteiger partial charge in [0, 0.05) is 68.6 Å². The smallest absolute Gasteiger partial charge is 0.282 e. The van der Waals surface area contributed by atoms with Gasteiger partial charge in [0.1, 0.15) is 0 Å². The predicted molar refractivity (Wildman–Crippen MR) is 182 cm³/mol. The molecule has 1 heterocycles. The van der Waals surface area contributed by atoms with E-state index in [0.717, 1.165) is 25.7 Å². The van der Waals surface area contributed by atoms with Crippen molar-refractivity contribution in [3.63, 3.8) is 0 Å². The van der Waals surface area contributed by atoms with Crippen molar-refractivity contribution in [2.24, 2.45) is 0 Å². The van der Waals surface area contributed by atoms with Crippen molar-refractivity contribution in [3.05, 3.63) is 0 Å². The number of hydrogen-bond acceptors (Lipinski definition) is 8. The van der Waals surface area contributed by atoms with E-state index in [2.05, 4.69) is 9.80 Å². The summed E-state index contributed by atoms with van der Waals surface area (Å²) in [5.74, 6) is -1.71. The Balaban J connectivity index is 1.89. The minimum atomic E-state index is -0.857. The van der Waals surface area contributed by atoms with Crippen LogP contribution in [0.15, 0.2) is 0 Å². The monoisotopic (exact) mass is 631 g/mol. The Labute approximate surface area is 273 Å². The molecule has 1 rings (SSSR count). The van der Waals surface area contributed by atoms with Gasteiger partial charge < -0.3 is 28.4 Å². The van der Waals surface area contributed by atoms with E-state index in [1.165, 1.54) is 155 Å². The summed E-state index contributed by atoms with van der Waals surface area (Å²) in [5, 5.41) is 0. The third-order valence-electron chi connectivity index (χ3n) is 9.63. The summed E-state index contributed by atoms with van der Waals surface area (Å²) >= 11 is 0. The molecule has 1 aliphatic heterocycles. The summed E-state index contributed by atoms with van der Waals surface area (Å²) in [4.78, 5) is 5.41. The third kappa shape index (κ3) is 19.4. The molecule has 264 valence electrons. The second kappa shape index (κ2) is 27.8. The van der Waals surface area contributed by atoms with Crippen LogP contribution in [-0.4, -0.2) is 97.3 Å². The molecule has 0 aliphatic carbocycles. The van der Waals surface area contributed by atoms with Gasteiger partial charge in [0.05, 0.1) is 6.67 Å². The molecule has 0 radical (unpaired) electrons. The molecule has 0 aromatic heterocycles. The van der Waals surface area contributed by atoms with Crippen molar-refractivity contribution >= 4 is 0 Å². The lowest BCUT2D eigenvalue weighted by Gasteiger charge is -2.35. The topological polar surface area (TPSA) is 61.9 Å². The number of rotatable bonds is 32. The first-order valence-corrected chi connectivity index (χ1v) is 18.3. The van der Waals surface area contributed by atoms with E-state index in [-0.39, 0.29) is 0 Å². The Bertz CT molecular complexity index is 551. The van der Waals surface area contributed by atoms with Gasteiger partial charge in [-0.15, -0.1) is 0 Å². The number of methoxy groups -OCH3 is 6. The fourth-order valence-electron chi connectivity index (χ4n) is 6.60. The van der Waals surface area contributed by atoms with Gasteiger partial charge in [0.25, 0.3) is 11.9 Å². The van der Waals surface area contributed by atoms with Crippen molar-refractivity contribution in [1.29, 1.82) is 0 Å². The molecule has 0 saturated carbocycles. The van der Waals surface area contributed by atoms with Gasteiger partial charge in [0.2, 0.25) is 0 Å². The molecule has 0 aromatic rings. The highest BCUT2D eigenvalue weighted by atomic mass is 16.9. The van der Waals surface area contributed by atoms with E-state index in [1.807, 2.05) is 0 Å². The Morgan fingerprint density at radius 3 is 0.886 bits per heavy atom. The highest BCUT2D eigenvalue weighted by Gasteiger charge is 2.29. The van der Waals surface area contributed by atoms with E-state index >= 15 is 0 Å². The highest BCUT2D eigenvalue weighted by molar-refractivity contribution is 4.69. The zero-order valence-electron chi connectivity index (χ0n) is 30.1. The van der Waals surface area contributed by atoms with Crippen LogP contribution < -0.4 is 0 Å². The summed E-state index contributed by atoms with van der Waals surface area (Å²) in [5.41, 5.74) is 0. The van der Waals surface area contributed by atoms with Crippen molar-refractivity contribution in [2.75, 3.05) is 75.5 Å². The van der Waals surface area contributed by atoms with E-state index in [9.17, 15) is 0 Å². The molecule has 8 heteroatoms. The van der Waals surface area contributed by atoms with Crippen LogP contribution in [0.5, 0.6) is 0 Å². The average Bonchev–Trinajstić information content (AvgIpc) is 3.06. The molecular formula is C36H74N2O6. The van der Waals surface area contributed by atoms with Gasteiger partial charge in [-0.05, 0) is 45.2 Å². The first kappa shape index (κ1) is 41.7. The predicted octanol–water partition coefficient (Wildman–Crippen LogP) is 8.72. The van der Waals surface area contributed by atoms with Gasteiger partial charge >= 0.3 is 0 Å². The maximum absolute atomic E-state index is 5.37. The van der Waals surface area contributed by atoms with Crippen LogP contribution in [0.25, 0.3) is 0 Å². The Hall–Kier alpha value is -0.320. The standard InChI is InChI=1S/C36H74N2O6/c1-39-35(40-2,41-3)28-23-19-15-11-7-9-13-17-21-25-30-37-32-27-33-38(34-37)31-26-22-18-14-10-8-12-16-20-24-29-36(42-4,43-5)44-6/h7-34H2,1-6H3. The molecule has 1 saturated heterocycles. The summed E-state index contributed by atoms with van der Waals surface area (Å²) in [6, 6.07) is 0. The first-order valence-electron chi connectivity index (χ1n) is 18.3. The van der Waals surface area contributed by atoms with Crippen molar-refractivity contribution in [1.82, 2.24) is 9.80 Å². The lowest BCUT2D eigenvalue weighted by atomic mass is 10.0. The molecule has 0 N–H and O–H groups in total.